The van der Waals surface area contributed by atoms with E-state index in [1.165, 1.54) is 12.3 Å². The van der Waals surface area contributed by atoms with Crippen LogP contribution in [0.15, 0.2) is 84.1 Å². The summed E-state index contributed by atoms with van der Waals surface area (Å²) >= 11 is 6.18. The van der Waals surface area contributed by atoms with Crippen LogP contribution in [0.4, 0.5) is 4.39 Å². The van der Waals surface area contributed by atoms with Crippen molar-refractivity contribution in [1.29, 1.82) is 0 Å². The van der Waals surface area contributed by atoms with E-state index in [1.54, 1.807) is 54.4 Å². The van der Waals surface area contributed by atoms with Gasteiger partial charge in [0.25, 0.3) is 5.91 Å². The predicted molar refractivity (Wildman–Crippen MR) is 126 cm³/mol. The lowest BCUT2D eigenvalue weighted by atomic mass is 10.1. The summed E-state index contributed by atoms with van der Waals surface area (Å²) in [6.45, 7) is 0.150. The van der Waals surface area contributed by atoms with E-state index in [2.05, 4.69) is 15.6 Å². The van der Waals surface area contributed by atoms with Gasteiger partial charge < -0.3 is 4.74 Å². The normalized spacial score (nSPS) is 11.0. The van der Waals surface area contributed by atoms with Gasteiger partial charge in [0, 0.05) is 33.5 Å². The predicted octanol–water partition coefficient (Wildman–Crippen LogP) is 5.16. The van der Waals surface area contributed by atoms with Gasteiger partial charge in [-0.3, -0.25) is 9.48 Å². The van der Waals surface area contributed by atoms with Crippen LogP contribution in [0.1, 0.15) is 21.5 Å². The van der Waals surface area contributed by atoms with Crippen molar-refractivity contribution >= 4 is 23.7 Å². The Bertz CT molecular complexity index is 1270. The fourth-order valence-electron chi connectivity index (χ4n) is 3.25. The van der Waals surface area contributed by atoms with Crippen molar-refractivity contribution in [2.75, 3.05) is 7.11 Å². The molecule has 0 aliphatic rings. The van der Waals surface area contributed by atoms with Crippen molar-refractivity contribution in [3.63, 3.8) is 0 Å². The van der Waals surface area contributed by atoms with E-state index in [4.69, 9.17) is 16.3 Å². The quantitative estimate of drug-likeness (QED) is 0.304. The summed E-state index contributed by atoms with van der Waals surface area (Å²) in [5.74, 6) is -0.105. The lowest BCUT2D eigenvalue weighted by Gasteiger charge is -2.05. The maximum Gasteiger partial charge on any atom is 0.271 e. The average Bonchev–Trinajstić information content (AvgIpc) is 3.24. The Balaban J connectivity index is 1.58. The number of halogens is 2. The van der Waals surface area contributed by atoms with Crippen molar-refractivity contribution in [2.45, 2.75) is 6.54 Å². The molecule has 1 N–H and O–H groups in total. The van der Waals surface area contributed by atoms with Crippen LogP contribution in [0.25, 0.3) is 11.3 Å². The molecule has 0 radical (unpaired) electrons. The van der Waals surface area contributed by atoms with Gasteiger partial charge in [0.15, 0.2) is 0 Å². The molecule has 0 atom stereocenters. The number of amides is 1. The van der Waals surface area contributed by atoms with Crippen molar-refractivity contribution in [2.24, 2.45) is 5.10 Å². The van der Waals surface area contributed by atoms with E-state index in [-0.39, 0.29) is 12.5 Å². The minimum absolute atomic E-state index is 0.150. The second-order valence-electron chi connectivity index (χ2n) is 7.12. The number of carbonyl (C=O) groups excluding carboxylic acids is 1. The van der Waals surface area contributed by atoms with Crippen molar-refractivity contribution in [1.82, 2.24) is 15.2 Å². The molecule has 4 rings (SSSR count). The highest BCUT2D eigenvalue weighted by Gasteiger charge is 2.13. The monoisotopic (exact) mass is 462 g/mol. The summed E-state index contributed by atoms with van der Waals surface area (Å²) in [5.41, 5.74) is 5.46. The molecule has 0 spiro atoms. The molecule has 0 bridgehead atoms. The summed E-state index contributed by atoms with van der Waals surface area (Å²) in [6.07, 6.45) is 3.24. The molecule has 1 aromatic heterocycles. The first-order valence-corrected chi connectivity index (χ1v) is 10.5. The second kappa shape index (κ2) is 10.1. The summed E-state index contributed by atoms with van der Waals surface area (Å²) in [4.78, 5) is 12.4. The number of hydrogen-bond acceptors (Lipinski definition) is 4. The molecular formula is C25H20ClFN4O2. The maximum absolute atomic E-state index is 14.3. The van der Waals surface area contributed by atoms with Crippen LogP contribution in [-0.4, -0.2) is 29.0 Å². The number of benzene rings is 3. The van der Waals surface area contributed by atoms with E-state index in [9.17, 15) is 9.18 Å². The highest BCUT2D eigenvalue weighted by atomic mass is 35.5. The van der Waals surface area contributed by atoms with Crippen LogP contribution in [-0.2, 0) is 6.54 Å². The lowest BCUT2D eigenvalue weighted by Crippen LogP contribution is -2.17. The third-order valence-corrected chi connectivity index (χ3v) is 5.30. The summed E-state index contributed by atoms with van der Waals surface area (Å²) in [7, 11) is 1.56. The Hall–Kier alpha value is -3.97. The first-order chi connectivity index (χ1) is 16.0. The van der Waals surface area contributed by atoms with Crippen LogP contribution in [0, 0.1) is 5.82 Å². The van der Waals surface area contributed by atoms with E-state index < -0.39 is 5.82 Å². The molecule has 0 fully saturated rings. The zero-order valence-corrected chi connectivity index (χ0v) is 18.5. The maximum atomic E-state index is 14.3. The van der Waals surface area contributed by atoms with Gasteiger partial charge in [-0.05, 0) is 36.4 Å². The van der Waals surface area contributed by atoms with Gasteiger partial charge in [-0.1, -0.05) is 48.0 Å². The number of ether oxygens (including phenoxy) is 1. The molecule has 33 heavy (non-hydrogen) atoms. The summed E-state index contributed by atoms with van der Waals surface area (Å²) in [6, 6.07) is 20.8. The van der Waals surface area contributed by atoms with Crippen LogP contribution in [0.5, 0.6) is 5.75 Å². The third-order valence-electron chi connectivity index (χ3n) is 4.94. The second-order valence-corrected chi connectivity index (χ2v) is 7.53. The molecule has 0 unspecified atom stereocenters. The van der Waals surface area contributed by atoms with E-state index in [0.29, 0.717) is 33.2 Å². The highest BCUT2D eigenvalue weighted by Crippen LogP contribution is 2.24. The number of nitrogens with zero attached hydrogens (tertiary/aromatic N) is 3. The SMILES string of the molecule is COc1ccc(C(=O)N/N=C\c2cn(Cc3c(F)cccc3Cl)nc2-c2ccccc2)cc1. The Labute approximate surface area is 195 Å². The first-order valence-electron chi connectivity index (χ1n) is 10.1. The summed E-state index contributed by atoms with van der Waals surface area (Å²) < 4.78 is 21.0. The van der Waals surface area contributed by atoms with Crippen LogP contribution >= 0.6 is 11.6 Å². The highest BCUT2D eigenvalue weighted by molar-refractivity contribution is 6.31. The number of methoxy groups -OCH3 is 1. The standard InChI is InChI=1S/C25H20ClFN4O2/c1-33-20-12-10-18(11-13-20)25(32)29-28-14-19-15-31(16-21-22(26)8-5-9-23(21)27)30-24(19)17-6-3-2-4-7-17/h2-15H,16H2,1H3,(H,29,32)/b28-14-. The third kappa shape index (κ3) is 5.27. The molecule has 1 amide bonds. The number of hydrogen-bond donors (Lipinski definition) is 1. The number of aromatic nitrogens is 2. The van der Waals surface area contributed by atoms with Gasteiger partial charge in [-0.15, -0.1) is 0 Å². The van der Waals surface area contributed by atoms with Crippen LogP contribution < -0.4 is 10.2 Å². The fourth-order valence-corrected chi connectivity index (χ4v) is 3.47. The molecule has 0 saturated carbocycles. The van der Waals surface area contributed by atoms with Gasteiger partial charge in [-0.2, -0.15) is 10.2 Å². The molecular weight excluding hydrogens is 443 g/mol. The minimum Gasteiger partial charge on any atom is -0.497 e. The molecule has 166 valence electrons. The Morgan fingerprint density at radius 2 is 1.88 bits per heavy atom. The number of carbonyl (C=O) groups is 1. The van der Waals surface area contributed by atoms with Gasteiger partial charge in [0.1, 0.15) is 17.3 Å². The minimum atomic E-state index is -0.402. The van der Waals surface area contributed by atoms with Crippen molar-refractivity contribution in [3.05, 3.63) is 107 Å². The zero-order valence-electron chi connectivity index (χ0n) is 17.7. The zero-order chi connectivity index (χ0) is 23.2. The molecule has 4 aromatic rings. The van der Waals surface area contributed by atoms with E-state index in [0.717, 1.165) is 5.56 Å². The Morgan fingerprint density at radius 3 is 2.58 bits per heavy atom. The lowest BCUT2D eigenvalue weighted by molar-refractivity contribution is 0.0955. The number of nitrogens with one attached hydrogen (secondary N) is 1. The topological polar surface area (TPSA) is 68.5 Å². The largest absolute Gasteiger partial charge is 0.497 e. The molecule has 6 nitrogen and oxygen atoms in total. The molecule has 3 aromatic carbocycles. The molecule has 0 saturated heterocycles. The van der Waals surface area contributed by atoms with E-state index >= 15 is 0 Å². The Morgan fingerprint density at radius 1 is 1.12 bits per heavy atom. The van der Waals surface area contributed by atoms with Gasteiger partial charge >= 0.3 is 0 Å². The van der Waals surface area contributed by atoms with Crippen LogP contribution in [0.3, 0.4) is 0 Å². The Kier molecular flexibility index (Phi) is 6.80. The van der Waals surface area contributed by atoms with Gasteiger partial charge in [0.2, 0.25) is 0 Å². The molecule has 8 heteroatoms. The first kappa shape index (κ1) is 22.2. The molecule has 1 heterocycles. The smallest absolute Gasteiger partial charge is 0.271 e. The van der Waals surface area contributed by atoms with Gasteiger partial charge in [0.05, 0.1) is 19.9 Å². The number of hydrazone groups is 1. The summed E-state index contributed by atoms with van der Waals surface area (Å²) in [5, 5.41) is 9.03. The van der Waals surface area contributed by atoms with Crippen LogP contribution in [0.2, 0.25) is 5.02 Å². The molecule has 0 aliphatic heterocycles. The van der Waals surface area contributed by atoms with Crippen molar-refractivity contribution in [3.8, 4) is 17.0 Å². The van der Waals surface area contributed by atoms with Crippen molar-refractivity contribution < 1.29 is 13.9 Å². The molecule has 0 aliphatic carbocycles. The fraction of sp³-hybridized carbons (Fsp3) is 0.0800. The number of rotatable bonds is 7. The van der Waals surface area contributed by atoms with Gasteiger partial charge in [-0.25, -0.2) is 9.82 Å². The van der Waals surface area contributed by atoms with E-state index in [1.807, 2.05) is 30.3 Å². The average molecular weight is 463 g/mol.